The molecule has 1 aromatic rings. The van der Waals surface area contributed by atoms with E-state index < -0.39 is 23.5 Å². The van der Waals surface area contributed by atoms with Crippen molar-refractivity contribution >= 4 is 17.7 Å². The quantitative estimate of drug-likeness (QED) is 0.880. The average Bonchev–Trinajstić information content (AvgIpc) is 2.34. The number of carbonyl (C=O) groups excluding carboxylic acids is 1. The first-order valence-electron chi connectivity index (χ1n) is 6.05. The fraction of sp³-hybridized carbons (Fsp3) is 0.429. The number of hydrogen-bond donors (Lipinski definition) is 2. The van der Waals surface area contributed by atoms with Crippen molar-refractivity contribution in [2.45, 2.75) is 26.8 Å². The molecule has 0 saturated heterocycles. The van der Waals surface area contributed by atoms with Gasteiger partial charge in [0, 0.05) is 12.7 Å². The number of carboxylic acid groups (broad SMARTS) is 1. The van der Waals surface area contributed by atoms with Gasteiger partial charge >= 0.3 is 12.0 Å². The number of para-hydroxylation sites is 1. The molecule has 0 spiro atoms. The van der Waals surface area contributed by atoms with E-state index in [0.29, 0.717) is 5.69 Å². The third kappa shape index (κ3) is 3.98. The van der Waals surface area contributed by atoms with E-state index in [-0.39, 0.29) is 0 Å². The molecule has 1 rings (SSSR count). The van der Waals surface area contributed by atoms with Crippen LogP contribution in [0, 0.1) is 5.41 Å². The molecule has 0 aliphatic rings. The second-order valence-corrected chi connectivity index (χ2v) is 5.48. The number of rotatable bonds is 3. The Labute approximate surface area is 113 Å². The van der Waals surface area contributed by atoms with Gasteiger partial charge in [-0.1, -0.05) is 39.0 Å². The number of amides is 2. The second kappa shape index (κ2) is 5.73. The minimum absolute atomic E-state index is 0.437. The van der Waals surface area contributed by atoms with Gasteiger partial charge in [0.2, 0.25) is 0 Å². The molecule has 0 aliphatic heterocycles. The van der Waals surface area contributed by atoms with E-state index in [9.17, 15) is 14.7 Å². The first-order chi connectivity index (χ1) is 8.73. The van der Waals surface area contributed by atoms with Crippen molar-refractivity contribution in [1.82, 2.24) is 5.32 Å². The first kappa shape index (κ1) is 15.0. The molecule has 1 unspecified atom stereocenters. The standard InChI is InChI=1S/C14H20N2O3/c1-14(2,3)11(12(17)18)15-13(19)16(4)10-8-6-5-7-9-10/h5-9,11H,1-4H3,(H,15,19)(H,17,18). The van der Waals surface area contributed by atoms with Crippen molar-refractivity contribution in [3.63, 3.8) is 0 Å². The number of hydrogen-bond acceptors (Lipinski definition) is 2. The number of nitrogens with one attached hydrogen (secondary N) is 1. The highest BCUT2D eigenvalue weighted by Gasteiger charge is 2.33. The summed E-state index contributed by atoms with van der Waals surface area (Å²) in [5.74, 6) is -1.04. The van der Waals surface area contributed by atoms with Crippen LogP contribution in [0.4, 0.5) is 10.5 Å². The Morgan fingerprint density at radius 2 is 1.74 bits per heavy atom. The maximum atomic E-state index is 12.1. The lowest BCUT2D eigenvalue weighted by molar-refractivity contribution is -0.141. The minimum atomic E-state index is -1.04. The van der Waals surface area contributed by atoms with Crippen LogP contribution < -0.4 is 10.2 Å². The molecule has 0 aromatic heterocycles. The summed E-state index contributed by atoms with van der Waals surface area (Å²) in [7, 11) is 1.60. The smallest absolute Gasteiger partial charge is 0.326 e. The lowest BCUT2D eigenvalue weighted by atomic mass is 9.87. The molecule has 2 N–H and O–H groups in total. The van der Waals surface area contributed by atoms with Crippen molar-refractivity contribution in [3.8, 4) is 0 Å². The molecule has 2 amide bonds. The normalized spacial score (nSPS) is 12.6. The van der Waals surface area contributed by atoms with E-state index in [2.05, 4.69) is 5.32 Å². The van der Waals surface area contributed by atoms with Crippen LogP contribution in [-0.2, 0) is 4.79 Å². The molecule has 1 aromatic carbocycles. The Bertz CT molecular complexity index is 452. The molecular weight excluding hydrogens is 244 g/mol. The number of benzene rings is 1. The number of carbonyl (C=O) groups is 2. The summed E-state index contributed by atoms with van der Waals surface area (Å²) in [6, 6.07) is 7.68. The summed E-state index contributed by atoms with van der Waals surface area (Å²) >= 11 is 0. The van der Waals surface area contributed by atoms with Crippen molar-refractivity contribution in [1.29, 1.82) is 0 Å². The van der Waals surface area contributed by atoms with Gasteiger partial charge < -0.3 is 10.4 Å². The van der Waals surface area contributed by atoms with Gasteiger partial charge in [-0.2, -0.15) is 0 Å². The first-order valence-corrected chi connectivity index (χ1v) is 6.05. The molecule has 19 heavy (non-hydrogen) atoms. The number of urea groups is 1. The van der Waals surface area contributed by atoms with E-state index in [1.807, 2.05) is 18.2 Å². The Kier molecular flexibility index (Phi) is 4.53. The predicted molar refractivity (Wildman–Crippen MR) is 74.3 cm³/mol. The third-order valence-corrected chi connectivity index (χ3v) is 2.83. The summed E-state index contributed by atoms with van der Waals surface area (Å²) < 4.78 is 0. The van der Waals surface area contributed by atoms with Crippen molar-refractivity contribution in [3.05, 3.63) is 30.3 Å². The van der Waals surface area contributed by atoms with Crippen LogP contribution in [0.5, 0.6) is 0 Å². The van der Waals surface area contributed by atoms with Crippen molar-refractivity contribution in [2.75, 3.05) is 11.9 Å². The van der Waals surface area contributed by atoms with Gasteiger partial charge in [-0.3, -0.25) is 4.90 Å². The largest absolute Gasteiger partial charge is 0.480 e. The van der Waals surface area contributed by atoms with Crippen LogP contribution in [0.1, 0.15) is 20.8 Å². The molecular formula is C14H20N2O3. The van der Waals surface area contributed by atoms with Gasteiger partial charge in [0.15, 0.2) is 0 Å². The van der Waals surface area contributed by atoms with E-state index >= 15 is 0 Å². The van der Waals surface area contributed by atoms with Crippen LogP contribution in [0.3, 0.4) is 0 Å². The van der Waals surface area contributed by atoms with Gasteiger partial charge in [0.1, 0.15) is 6.04 Å². The molecule has 0 fully saturated rings. The third-order valence-electron chi connectivity index (χ3n) is 2.83. The maximum Gasteiger partial charge on any atom is 0.326 e. The Morgan fingerprint density at radius 3 is 2.16 bits per heavy atom. The average molecular weight is 264 g/mol. The van der Waals surface area contributed by atoms with Gasteiger partial charge in [0.25, 0.3) is 0 Å². The van der Waals surface area contributed by atoms with Gasteiger partial charge in [-0.05, 0) is 17.5 Å². The molecule has 0 heterocycles. The highest BCUT2D eigenvalue weighted by atomic mass is 16.4. The monoisotopic (exact) mass is 264 g/mol. The second-order valence-electron chi connectivity index (χ2n) is 5.48. The van der Waals surface area contributed by atoms with Crippen LogP contribution in [0.2, 0.25) is 0 Å². The van der Waals surface area contributed by atoms with Gasteiger partial charge in [0.05, 0.1) is 0 Å². The summed E-state index contributed by atoms with van der Waals surface area (Å²) in [4.78, 5) is 24.7. The summed E-state index contributed by atoms with van der Waals surface area (Å²) in [5, 5.41) is 11.7. The summed E-state index contributed by atoms with van der Waals surface area (Å²) in [6.07, 6.45) is 0. The molecule has 1 atom stereocenters. The zero-order valence-corrected chi connectivity index (χ0v) is 11.7. The lowest BCUT2D eigenvalue weighted by Gasteiger charge is -2.29. The van der Waals surface area contributed by atoms with Gasteiger partial charge in [-0.15, -0.1) is 0 Å². The van der Waals surface area contributed by atoms with E-state index in [1.165, 1.54) is 4.90 Å². The summed E-state index contributed by atoms with van der Waals surface area (Å²) in [5.41, 5.74) is 0.150. The van der Waals surface area contributed by atoms with Gasteiger partial charge in [-0.25, -0.2) is 9.59 Å². The zero-order valence-electron chi connectivity index (χ0n) is 11.7. The molecule has 0 radical (unpaired) electrons. The van der Waals surface area contributed by atoms with Crippen LogP contribution in [0.25, 0.3) is 0 Å². The van der Waals surface area contributed by atoms with Crippen LogP contribution in [-0.4, -0.2) is 30.2 Å². The van der Waals surface area contributed by atoms with Crippen LogP contribution >= 0.6 is 0 Å². The fourth-order valence-electron chi connectivity index (χ4n) is 1.64. The SMILES string of the molecule is CN(C(=O)NC(C(=O)O)C(C)(C)C)c1ccccc1. The highest BCUT2D eigenvalue weighted by molar-refractivity contribution is 5.94. The number of nitrogens with zero attached hydrogens (tertiary/aromatic N) is 1. The van der Waals surface area contributed by atoms with E-state index in [4.69, 9.17) is 0 Å². The molecule has 5 nitrogen and oxygen atoms in total. The maximum absolute atomic E-state index is 12.1. The fourth-order valence-corrected chi connectivity index (χ4v) is 1.64. The predicted octanol–water partition coefficient (Wildman–Crippen LogP) is 2.33. The van der Waals surface area contributed by atoms with E-state index in [0.717, 1.165) is 0 Å². The van der Waals surface area contributed by atoms with Crippen molar-refractivity contribution < 1.29 is 14.7 Å². The minimum Gasteiger partial charge on any atom is -0.480 e. The Balaban J connectivity index is 2.81. The molecule has 5 heteroatoms. The van der Waals surface area contributed by atoms with Crippen LogP contribution in [0.15, 0.2) is 30.3 Å². The van der Waals surface area contributed by atoms with Crippen molar-refractivity contribution in [2.24, 2.45) is 5.41 Å². The Morgan fingerprint density at radius 1 is 1.21 bits per heavy atom. The zero-order chi connectivity index (χ0) is 14.6. The number of carboxylic acids is 1. The molecule has 0 bridgehead atoms. The summed E-state index contributed by atoms with van der Waals surface area (Å²) in [6.45, 7) is 5.32. The van der Waals surface area contributed by atoms with E-state index in [1.54, 1.807) is 40.0 Å². The number of aliphatic carboxylic acids is 1. The molecule has 104 valence electrons. The lowest BCUT2D eigenvalue weighted by Crippen LogP contribution is -2.52. The Hall–Kier alpha value is -2.04. The number of anilines is 1. The molecule has 0 saturated carbocycles. The topological polar surface area (TPSA) is 69.6 Å². The molecule has 0 aliphatic carbocycles. The highest BCUT2D eigenvalue weighted by Crippen LogP contribution is 2.20.